The number of carbonyl (C=O) groups is 1. The summed E-state index contributed by atoms with van der Waals surface area (Å²) >= 11 is 0. The molecular formula is C19H24N6O3. The first-order valence-corrected chi connectivity index (χ1v) is 9.15. The smallest absolute Gasteiger partial charge is 0.266 e. The molecule has 3 aromatic rings. The second-order valence-corrected chi connectivity index (χ2v) is 6.74. The maximum atomic E-state index is 12.1. The van der Waals surface area contributed by atoms with Gasteiger partial charge in [0.05, 0.1) is 17.9 Å². The van der Waals surface area contributed by atoms with E-state index >= 15 is 0 Å². The van der Waals surface area contributed by atoms with Crippen LogP contribution in [0.3, 0.4) is 0 Å². The topological polar surface area (TPSA) is 108 Å². The number of aryl methyl sites for hydroxylation is 4. The molecule has 0 saturated heterocycles. The third-order valence-corrected chi connectivity index (χ3v) is 4.51. The molecule has 3 aromatic heterocycles. The minimum Gasteiger partial charge on any atom is -0.361 e. The Morgan fingerprint density at radius 3 is 2.61 bits per heavy atom. The molecule has 1 amide bonds. The Morgan fingerprint density at radius 2 is 1.96 bits per heavy atom. The van der Waals surface area contributed by atoms with Crippen molar-refractivity contribution in [1.82, 2.24) is 30.0 Å². The van der Waals surface area contributed by atoms with Crippen LogP contribution in [0.2, 0.25) is 0 Å². The third kappa shape index (κ3) is 4.36. The fraction of sp³-hybridized carbons (Fsp3) is 0.421. The normalized spacial score (nSPS) is 11.0. The number of hydrogen-bond acceptors (Lipinski definition) is 6. The molecule has 0 fully saturated rings. The summed E-state index contributed by atoms with van der Waals surface area (Å²) in [6, 6.07) is 5.04. The van der Waals surface area contributed by atoms with E-state index in [1.165, 1.54) is 10.7 Å². The molecule has 0 aromatic carbocycles. The van der Waals surface area contributed by atoms with E-state index in [9.17, 15) is 9.59 Å². The van der Waals surface area contributed by atoms with E-state index in [0.717, 1.165) is 28.4 Å². The third-order valence-electron chi connectivity index (χ3n) is 4.51. The van der Waals surface area contributed by atoms with Gasteiger partial charge in [-0.25, -0.2) is 9.36 Å². The molecule has 9 heteroatoms. The summed E-state index contributed by atoms with van der Waals surface area (Å²) in [6.07, 6.45) is 0.898. The molecule has 0 atom stereocenters. The fourth-order valence-corrected chi connectivity index (χ4v) is 3.06. The highest BCUT2D eigenvalue weighted by Gasteiger charge is 2.11. The van der Waals surface area contributed by atoms with Gasteiger partial charge >= 0.3 is 0 Å². The van der Waals surface area contributed by atoms with Crippen molar-refractivity contribution in [1.29, 1.82) is 0 Å². The lowest BCUT2D eigenvalue weighted by molar-refractivity contribution is -0.121. The Morgan fingerprint density at radius 1 is 1.18 bits per heavy atom. The van der Waals surface area contributed by atoms with Gasteiger partial charge in [-0.05, 0) is 46.2 Å². The summed E-state index contributed by atoms with van der Waals surface area (Å²) in [5.74, 6) is 1.21. The van der Waals surface area contributed by atoms with Gasteiger partial charge in [0.15, 0.2) is 5.82 Å². The van der Waals surface area contributed by atoms with Crippen LogP contribution in [0.1, 0.15) is 34.8 Å². The molecule has 0 aliphatic carbocycles. The molecule has 1 N–H and O–H groups in total. The molecule has 9 nitrogen and oxygen atoms in total. The van der Waals surface area contributed by atoms with Crippen molar-refractivity contribution in [3.63, 3.8) is 0 Å². The largest absolute Gasteiger partial charge is 0.361 e. The fourth-order valence-electron chi connectivity index (χ4n) is 3.06. The lowest BCUT2D eigenvalue weighted by Crippen LogP contribution is -2.32. The summed E-state index contributed by atoms with van der Waals surface area (Å²) in [5, 5.41) is 15.4. The summed E-state index contributed by atoms with van der Waals surface area (Å²) in [4.78, 5) is 24.2. The Bertz CT molecular complexity index is 1030. The highest BCUT2D eigenvalue weighted by atomic mass is 16.5. The summed E-state index contributed by atoms with van der Waals surface area (Å²) < 4.78 is 8.12. The average molecular weight is 384 g/mol. The molecule has 0 saturated carbocycles. The van der Waals surface area contributed by atoms with Crippen LogP contribution < -0.4 is 10.9 Å². The number of hydrogen-bond donors (Lipinski definition) is 1. The first kappa shape index (κ1) is 19.5. The van der Waals surface area contributed by atoms with Crippen LogP contribution in [0, 0.1) is 27.7 Å². The lowest BCUT2D eigenvalue weighted by atomic mass is 10.1. The minimum atomic E-state index is -0.227. The second kappa shape index (κ2) is 8.20. The first-order chi connectivity index (χ1) is 13.3. The van der Waals surface area contributed by atoms with E-state index in [1.807, 2.05) is 33.8 Å². The van der Waals surface area contributed by atoms with Crippen molar-refractivity contribution >= 4 is 5.91 Å². The van der Waals surface area contributed by atoms with Gasteiger partial charge < -0.3 is 9.84 Å². The van der Waals surface area contributed by atoms with Crippen molar-refractivity contribution in [3.05, 3.63) is 57.0 Å². The maximum Gasteiger partial charge on any atom is 0.266 e. The Kier molecular flexibility index (Phi) is 5.72. The molecule has 0 bridgehead atoms. The standard InChI is InChI=1S/C19H24N6O3/c1-12-11-13(2)25(21-12)17-6-8-19(27)24(22-17)10-9-20-18(26)7-5-16-14(3)23-28-15(16)4/h6,8,11H,5,7,9-10H2,1-4H3,(H,20,26). The minimum absolute atomic E-state index is 0.0947. The predicted molar refractivity (Wildman–Crippen MR) is 102 cm³/mol. The van der Waals surface area contributed by atoms with Crippen LogP contribution in [0.25, 0.3) is 5.82 Å². The van der Waals surface area contributed by atoms with Crippen LogP contribution in [0.15, 0.2) is 27.5 Å². The molecular weight excluding hydrogens is 360 g/mol. The van der Waals surface area contributed by atoms with Gasteiger partial charge in [-0.15, -0.1) is 5.10 Å². The highest BCUT2D eigenvalue weighted by molar-refractivity contribution is 5.76. The molecule has 0 aliphatic heterocycles. The number of nitrogens with one attached hydrogen (secondary N) is 1. The van der Waals surface area contributed by atoms with Gasteiger partial charge in [-0.2, -0.15) is 5.10 Å². The number of aromatic nitrogens is 5. The van der Waals surface area contributed by atoms with Crippen LogP contribution >= 0.6 is 0 Å². The van der Waals surface area contributed by atoms with Crippen LogP contribution in [-0.4, -0.2) is 37.2 Å². The SMILES string of the molecule is Cc1cc(C)n(-c2ccc(=O)n(CCNC(=O)CCc3c(C)noc3C)n2)n1. The second-order valence-electron chi connectivity index (χ2n) is 6.74. The lowest BCUT2D eigenvalue weighted by Gasteiger charge is -2.09. The molecule has 28 heavy (non-hydrogen) atoms. The summed E-state index contributed by atoms with van der Waals surface area (Å²) in [6.45, 7) is 8.11. The van der Waals surface area contributed by atoms with Crippen molar-refractivity contribution in [2.75, 3.05) is 6.54 Å². The molecule has 148 valence electrons. The zero-order valence-electron chi connectivity index (χ0n) is 16.5. The molecule has 3 heterocycles. The quantitative estimate of drug-likeness (QED) is 0.660. The summed E-state index contributed by atoms with van der Waals surface area (Å²) in [5.41, 5.74) is 3.35. The van der Waals surface area contributed by atoms with Gasteiger partial charge in [-0.1, -0.05) is 5.16 Å². The van der Waals surface area contributed by atoms with Crippen LogP contribution in [0.4, 0.5) is 0 Å². The Labute approximate surface area is 162 Å². The van der Waals surface area contributed by atoms with E-state index in [1.54, 1.807) is 10.7 Å². The molecule has 0 spiro atoms. The number of amides is 1. The van der Waals surface area contributed by atoms with E-state index in [4.69, 9.17) is 4.52 Å². The molecule has 0 unspecified atom stereocenters. The van der Waals surface area contributed by atoms with Gasteiger partial charge in [-0.3, -0.25) is 9.59 Å². The van der Waals surface area contributed by atoms with E-state index in [0.29, 0.717) is 25.2 Å². The average Bonchev–Trinajstić information content (AvgIpc) is 3.15. The van der Waals surface area contributed by atoms with Crippen molar-refractivity contribution in [3.8, 4) is 5.82 Å². The Hall–Kier alpha value is -3.23. The van der Waals surface area contributed by atoms with Crippen LogP contribution in [0.5, 0.6) is 0 Å². The predicted octanol–water partition coefficient (Wildman–Crippen LogP) is 1.40. The highest BCUT2D eigenvalue weighted by Crippen LogP contribution is 2.14. The van der Waals surface area contributed by atoms with Crippen LogP contribution in [-0.2, 0) is 17.8 Å². The first-order valence-electron chi connectivity index (χ1n) is 9.15. The zero-order valence-corrected chi connectivity index (χ0v) is 16.5. The monoisotopic (exact) mass is 384 g/mol. The van der Waals surface area contributed by atoms with Gasteiger partial charge in [0.25, 0.3) is 5.56 Å². The number of carbonyl (C=O) groups excluding carboxylic acids is 1. The van der Waals surface area contributed by atoms with Crippen molar-refractivity contribution < 1.29 is 9.32 Å². The molecule has 3 rings (SSSR count). The maximum absolute atomic E-state index is 12.1. The molecule has 0 radical (unpaired) electrons. The number of nitrogens with zero attached hydrogens (tertiary/aromatic N) is 5. The van der Waals surface area contributed by atoms with Gasteiger partial charge in [0.1, 0.15) is 5.76 Å². The van der Waals surface area contributed by atoms with Crippen molar-refractivity contribution in [2.45, 2.75) is 47.1 Å². The summed E-state index contributed by atoms with van der Waals surface area (Å²) in [7, 11) is 0. The van der Waals surface area contributed by atoms with Crippen molar-refractivity contribution in [2.24, 2.45) is 0 Å². The van der Waals surface area contributed by atoms with E-state index in [2.05, 4.69) is 20.7 Å². The zero-order chi connectivity index (χ0) is 20.3. The van der Waals surface area contributed by atoms with Gasteiger partial charge in [0, 0.05) is 30.3 Å². The molecule has 0 aliphatic rings. The van der Waals surface area contributed by atoms with E-state index < -0.39 is 0 Å². The number of rotatable bonds is 7. The van der Waals surface area contributed by atoms with Gasteiger partial charge in [0.2, 0.25) is 5.91 Å². The Balaban J connectivity index is 1.57. The van der Waals surface area contributed by atoms with E-state index in [-0.39, 0.29) is 18.0 Å².